The second-order valence-corrected chi connectivity index (χ2v) is 12.3. The van der Waals surface area contributed by atoms with Gasteiger partial charge in [0.2, 0.25) is 0 Å². The summed E-state index contributed by atoms with van der Waals surface area (Å²) < 4.78 is 37.8. The molecule has 1 aliphatic rings. The SMILES string of the molecule is Cc1ccc(S(=O)(=O)Oc2ccc3ccccc3c2/C=C2\C(=O)NC(=O)N(c3ccc(OCc4ccccc4Cl)cc3)C2=O)cc1. The van der Waals surface area contributed by atoms with Gasteiger partial charge in [-0.05, 0) is 72.3 Å². The largest absolute Gasteiger partial charge is 0.489 e. The maximum absolute atomic E-state index is 13.7. The number of aryl methyl sites for hydroxylation is 1. The highest BCUT2D eigenvalue weighted by Crippen LogP contribution is 2.34. The van der Waals surface area contributed by atoms with E-state index < -0.39 is 33.5 Å². The zero-order valence-corrected chi connectivity index (χ0v) is 25.8. The van der Waals surface area contributed by atoms with E-state index in [1.165, 1.54) is 36.4 Å². The van der Waals surface area contributed by atoms with E-state index in [-0.39, 0.29) is 28.5 Å². The van der Waals surface area contributed by atoms with Gasteiger partial charge in [-0.2, -0.15) is 8.42 Å². The van der Waals surface area contributed by atoms with Crippen LogP contribution in [0.1, 0.15) is 16.7 Å². The van der Waals surface area contributed by atoms with E-state index in [2.05, 4.69) is 5.32 Å². The molecule has 1 heterocycles. The molecule has 11 heteroatoms. The molecule has 4 amide bonds. The minimum atomic E-state index is -4.28. The zero-order chi connectivity index (χ0) is 32.4. The van der Waals surface area contributed by atoms with Gasteiger partial charge in [0.15, 0.2) is 5.75 Å². The monoisotopic (exact) mass is 652 g/mol. The van der Waals surface area contributed by atoms with Crippen molar-refractivity contribution in [3.05, 3.63) is 136 Å². The van der Waals surface area contributed by atoms with Crippen LogP contribution in [-0.4, -0.2) is 26.3 Å². The molecular formula is C35H25ClN2O7S. The summed E-state index contributed by atoms with van der Waals surface area (Å²) in [6, 6.07) is 28.8. The van der Waals surface area contributed by atoms with E-state index >= 15 is 0 Å². The first-order chi connectivity index (χ1) is 22.1. The second kappa shape index (κ2) is 12.5. The number of rotatable bonds is 8. The van der Waals surface area contributed by atoms with E-state index in [9.17, 15) is 22.8 Å². The number of nitrogens with one attached hydrogen (secondary N) is 1. The lowest BCUT2D eigenvalue weighted by molar-refractivity contribution is -0.122. The summed E-state index contributed by atoms with van der Waals surface area (Å²) in [6.45, 7) is 2.04. The predicted octanol–water partition coefficient (Wildman–Crippen LogP) is 6.81. The maximum Gasteiger partial charge on any atom is 0.339 e. The normalized spacial score (nSPS) is 14.4. The van der Waals surface area contributed by atoms with Crippen molar-refractivity contribution >= 4 is 62.1 Å². The fraction of sp³-hybridized carbons (Fsp3) is 0.0571. The van der Waals surface area contributed by atoms with E-state index in [4.69, 9.17) is 20.5 Å². The van der Waals surface area contributed by atoms with Crippen LogP contribution < -0.4 is 19.1 Å². The van der Waals surface area contributed by atoms with Crippen molar-refractivity contribution in [2.75, 3.05) is 4.90 Å². The molecule has 0 aliphatic carbocycles. The molecule has 1 aliphatic heterocycles. The summed E-state index contributed by atoms with van der Waals surface area (Å²) >= 11 is 6.20. The Morgan fingerprint density at radius 2 is 1.52 bits per heavy atom. The summed E-state index contributed by atoms with van der Waals surface area (Å²) in [7, 11) is -4.28. The molecule has 0 bridgehead atoms. The fourth-order valence-corrected chi connectivity index (χ4v) is 6.01. The molecule has 230 valence electrons. The molecule has 5 aromatic rings. The second-order valence-electron chi connectivity index (χ2n) is 10.4. The van der Waals surface area contributed by atoms with Crippen molar-refractivity contribution in [1.82, 2.24) is 5.32 Å². The van der Waals surface area contributed by atoms with Crippen LogP contribution in [0.15, 0.2) is 120 Å². The molecule has 9 nitrogen and oxygen atoms in total. The average Bonchev–Trinajstić information content (AvgIpc) is 3.04. The van der Waals surface area contributed by atoms with Gasteiger partial charge in [-0.1, -0.05) is 77.8 Å². The third-order valence-corrected chi connectivity index (χ3v) is 8.89. The van der Waals surface area contributed by atoms with Crippen LogP contribution in [0.4, 0.5) is 10.5 Å². The number of hydrogen-bond acceptors (Lipinski definition) is 7. The van der Waals surface area contributed by atoms with Gasteiger partial charge in [0.25, 0.3) is 11.8 Å². The van der Waals surface area contributed by atoms with Crippen LogP contribution in [0.25, 0.3) is 16.8 Å². The summed E-state index contributed by atoms with van der Waals surface area (Å²) in [5.74, 6) is -1.48. The summed E-state index contributed by atoms with van der Waals surface area (Å²) in [5.41, 5.74) is 1.62. The van der Waals surface area contributed by atoms with E-state index in [0.717, 1.165) is 16.0 Å². The number of barbiturate groups is 1. The van der Waals surface area contributed by atoms with Crippen molar-refractivity contribution in [3.63, 3.8) is 0 Å². The number of carbonyl (C=O) groups is 3. The number of amides is 4. The average molecular weight is 653 g/mol. The number of fused-ring (bicyclic) bond motifs is 1. The lowest BCUT2D eigenvalue weighted by Crippen LogP contribution is -2.54. The van der Waals surface area contributed by atoms with Crippen molar-refractivity contribution in [3.8, 4) is 11.5 Å². The first-order valence-electron chi connectivity index (χ1n) is 14.0. The molecule has 46 heavy (non-hydrogen) atoms. The first-order valence-corrected chi connectivity index (χ1v) is 15.8. The fourth-order valence-electron chi connectivity index (χ4n) is 4.87. The van der Waals surface area contributed by atoms with Crippen molar-refractivity contribution < 1.29 is 31.7 Å². The zero-order valence-electron chi connectivity index (χ0n) is 24.3. The number of benzene rings is 5. The Bertz CT molecular complexity index is 2140. The Kier molecular flexibility index (Phi) is 8.31. The first kappa shape index (κ1) is 30.6. The highest BCUT2D eigenvalue weighted by molar-refractivity contribution is 7.87. The Balaban J connectivity index is 1.33. The van der Waals surface area contributed by atoms with Gasteiger partial charge in [0.1, 0.15) is 22.8 Å². The van der Waals surface area contributed by atoms with Crippen LogP contribution in [0.5, 0.6) is 11.5 Å². The van der Waals surface area contributed by atoms with Gasteiger partial charge in [0.05, 0.1) is 5.69 Å². The van der Waals surface area contributed by atoms with Gasteiger partial charge in [-0.3, -0.25) is 14.9 Å². The molecule has 0 atom stereocenters. The number of imide groups is 2. The van der Waals surface area contributed by atoms with Gasteiger partial charge in [0, 0.05) is 16.1 Å². The van der Waals surface area contributed by atoms with E-state index in [1.54, 1.807) is 60.7 Å². The third kappa shape index (κ3) is 6.21. The quantitative estimate of drug-likeness (QED) is 0.111. The summed E-state index contributed by atoms with van der Waals surface area (Å²) in [5, 5.41) is 3.99. The van der Waals surface area contributed by atoms with Crippen LogP contribution in [0.3, 0.4) is 0 Å². The summed E-state index contributed by atoms with van der Waals surface area (Å²) in [4.78, 5) is 40.4. The smallest absolute Gasteiger partial charge is 0.339 e. The molecule has 0 aromatic heterocycles. The number of nitrogens with zero attached hydrogens (tertiary/aromatic N) is 1. The van der Waals surface area contributed by atoms with Crippen LogP contribution >= 0.6 is 11.6 Å². The molecule has 0 unspecified atom stereocenters. The minimum absolute atomic E-state index is 0.0626. The lowest BCUT2D eigenvalue weighted by atomic mass is 10.00. The predicted molar refractivity (Wildman–Crippen MR) is 174 cm³/mol. The highest BCUT2D eigenvalue weighted by Gasteiger charge is 2.37. The van der Waals surface area contributed by atoms with Crippen molar-refractivity contribution in [1.29, 1.82) is 0 Å². The molecule has 0 spiro atoms. The molecule has 1 N–H and O–H groups in total. The van der Waals surface area contributed by atoms with Gasteiger partial charge in [-0.25, -0.2) is 9.69 Å². The Morgan fingerprint density at radius 1 is 0.826 bits per heavy atom. The number of ether oxygens (including phenoxy) is 1. The molecule has 5 aromatic carbocycles. The number of anilines is 1. The van der Waals surface area contributed by atoms with Crippen LogP contribution in [0.2, 0.25) is 5.02 Å². The van der Waals surface area contributed by atoms with E-state index in [1.807, 2.05) is 25.1 Å². The summed E-state index contributed by atoms with van der Waals surface area (Å²) in [6.07, 6.45) is 1.24. The molecule has 1 saturated heterocycles. The van der Waals surface area contributed by atoms with E-state index in [0.29, 0.717) is 21.5 Å². The Hall–Kier alpha value is -5.45. The van der Waals surface area contributed by atoms with Gasteiger partial charge in [-0.15, -0.1) is 0 Å². The number of halogens is 1. The standard InChI is InChI=1S/C35H25ClN2O7S/c1-22-10-17-27(18-11-22)46(42,43)45-32-19-12-23-6-2-4-8-28(23)29(32)20-30-33(39)37-35(41)38(34(30)40)25-13-15-26(16-14-25)44-21-24-7-3-5-9-31(24)36/h2-20H,21H2,1H3,(H,37,39,41)/b30-20+. The van der Waals surface area contributed by atoms with Crippen molar-refractivity contribution in [2.45, 2.75) is 18.4 Å². The Labute approximate surface area is 269 Å². The third-order valence-electron chi connectivity index (χ3n) is 7.28. The number of carbonyl (C=O) groups excluding carboxylic acids is 3. The maximum atomic E-state index is 13.7. The molecular weight excluding hydrogens is 628 g/mol. The van der Waals surface area contributed by atoms with Gasteiger partial charge >= 0.3 is 16.1 Å². The Morgan fingerprint density at radius 3 is 2.26 bits per heavy atom. The van der Waals surface area contributed by atoms with Crippen LogP contribution in [0, 0.1) is 6.92 Å². The van der Waals surface area contributed by atoms with Crippen molar-refractivity contribution in [2.24, 2.45) is 0 Å². The molecule has 0 radical (unpaired) electrons. The van der Waals surface area contributed by atoms with Crippen LogP contribution in [-0.2, 0) is 26.3 Å². The number of hydrogen-bond donors (Lipinski definition) is 1. The minimum Gasteiger partial charge on any atom is -0.489 e. The number of urea groups is 1. The topological polar surface area (TPSA) is 119 Å². The lowest BCUT2D eigenvalue weighted by Gasteiger charge is -2.26. The molecule has 6 rings (SSSR count). The highest BCUT2D eigenvalue weighted by atomic mass is 35.5. The molecule has 1 fully saturated rings. The van der Waals surface area contributed by atoms with Gasteiger partial charge < -0.3 is 8.92 Å². The molecule has 0 saturated carbocycles.